The van der Waals surface area contributed by atoms with E-state index in [0.717, 1.165) is 23.2 Å². The summed E-state index contributed by atoms with van der Waals surface area (Å²) in [6.07, 6.45) is 0.559. The smallest absolute Gasteiger partial charge is 0.315 e. The highest BCUT2D eigenvalue weighted by atomic mass is 16.3. The number of carbonyl (C=O) groups is 1. The first-order chi connectivity index (χ1) is 12.1. The van der Waals surface area contributed by atoms with Crippen molar-refractivity contribution in [3.63, 3.8) is 0 Å². The average Bonchev–Trinajstić information content (AvgIpc) is 2.61. The number of nitrogens with zero attached hydrogens (tertiary/aromatic N) is 1. The van der Waals surface area contributed by atoms with E-state index in [1.165, 1.54) is 5.56 Å². The van der Waals surface area contributed by atoms with Crippen LogP contribution in [0.1, 0.15) is 17.5 Å². The normalized spacial score (nSPS) is 10.7. The standard InChI is InChI=1S/C20H27N3O2/c1-23(2)15-16-8-10-17(11-9-16)19-7-4-3-6-18(19)14-22-20(25)21-12-5-13-24/h3-4,6-11,24H,5,12-15H2,1-2H3,(H2,21,22,25). The molecule has 0 aliphatic rings. The van der Waals surface area contributed by atoms with Crippen molar-refractivity contribution < 1.29 is 9.90 Å². The first-order valence-corrected chi connectivity index (χ1v) is 8.54. The molecule has 134 valence electrons. The number of hydrogen-bond donors (Lipinski definition) is 3. The van der Waals surface area contributed by atoms with Gasteiger partial charge in [-0.3, -0.25) is 0 Å². The highest BCUT2D eigenvalue weighted by Gasteiger charge is 2.07. The number of rotatable bonds is 8. The minimum atomic E-state index is -0.218. The lowest BCUT2D eigenvalue weighted by atomic mass is 9.98. The van der Waals surface area contributed by atoms with E-state index < -0.39 is 0 Å². The van der Waals surface area contributed by atoms with Crippen molar-refractivity contribution in [1.29, 1.82) is 0 Å². The molecule has 0 saturated carbocycles. The predicted molar refractivity (Wildman–Crippen MR) is 101 cm³/mol. The van der Waals surface area contributed by atoms with Crippen molar-refractivity contribution in [3.8, 4) is 11.1 Å². The molecule has 3 N–H and O–H groups in total. The fourth-order valence-electron chi connectivity index (χ4n) is 2.63. The highest BCUT2D eigenvalue weighted by molar-refractivity contribution is 5.74. The van der Waals surface area contributed by atoms with Crippen LogP contribution in [0.3, 0.4) is 0 Å². The van der Waals surface area contributed by atoms with E-state index in [1.807, 2.05) is 18.2 Å². The van der Waals surface area contributed by atoms with Crippen molar-refractivity contribution in [2.24, 2.45) is 0 Å². The van der Waals surface area contributed by atoms with Crippen LogP contribution >= 0.6 is 0 Å². The SMILES string of the molecule is CN(C)Cc1ccc(-c2ccccc2CNC(=O)NCCCO)cc1. The largest absolute Gasteiger partial charge is 0.396 e. The molecular weight excluding hydrogens is 314 g/mol. The summed E-state index contributed by atoms with van der Waals surface area (Å²) in [5.74, 6) is 0. The topological polar surface area (TPSA) is 64.6 Å². The minimum Gasteiger partial charge on any atom is -0.396 e. The van der Waals surface area contributed by atoms with E-state index in [9.17, 15) is 4.79 Å². The van der Waals surface area contributed by atoms with E-state index in [0.29, 0.717) is 19.5 Å². The summed E-state index contributed by atoms with van der Waals surface area (Å²) in [6, 6.07) is 16.4. The van der Waals surface area contributed by atoms with Gasteiger partial charge in [0, 0.05) is 26.2 Å². The van der Waals surface area contributed by atoms with Gasteiger partial charge in [-0.1, -0.05) is 48.5 Å². The number of urea groups is 1. The molecule has 0 heterocycles. The zero-order chi connectivity index (χ0) is 18.1. The van der Waals surface area contributed by atoms with Gasteiger partial charge < -0.3 is 20.6 Å². The van der Waals surface area contributed by atoms with Gasteiger partial charge in [-0.2, -0.15) is 0 Å². The lowest BCUT2D eigenvalue weighted by Gasteiger charge is -2.13. The highest BCUT2D eigenvalue weighted by Crippen LogP contribution is 2.24. The number of benzene rings is 2. The van der Waals surface area contributed by atoms with E-state index in [4.69, 9.17) is 5.11 Å². The molecule has 5 heteroatoms. The third kappa shape index (κ3) is 6.21. The van der Waals surface area contributed by atoms with E-state index in [1.54, 1.807) is 0 Å². The zero-order valence-corrected chi connectivity index (χ0v) is 15.0. The number of hydrogen-bond acceptors (Lipinski definition) is 3. The van der Waals surface area contributed by atoms with Crippen molar-refractivity contribution in [3.05, 3.63) is 59.7 Å². The van der Waals surface area contributed by atoms with Crippen LogP contribution in [0.15, 0.2) is 48.5 Å². The monoisotopic (exact) mass is 341 g/mol. The Morgan fingerprint density at radius 3 is 2.44 bits per heavy atom. The third-order valence-corrected chi connectivity index (χ3v) is 3.84. The Bertz CT molecular complexity index is 669. The second kappa shape index (κ2) is 9.81. The molecule has 0 aromatic heterocycles. The molecule has 2 aromatic carbocycles. The molecule has 0 unspecified atom stereocenters. The molecule has 2 rings (SSSR count). The number of carbonyl (C=O) groups excluding carboxylic acids is 1. The Morgan fingerprint density at radius 2 is 1.76 bits per heavy atom. The lowest BCUT2D eigenvalue weighted by molar-refractivity contribution is 0.238. The maximum atomic E-state index is 11.8. The van der Waals surface area contributed by atoms with Gasteiger partial charge in [-0.15, -0.1) is 0 Å². The molecule has 5 nitrogen and oxygen atoms in total. The molecule has 2 aromatic rings. The van der Waals surface area contributed by atoms with Crippen LogP contribution in [0.5, 0.6) is 0 Å². The van der Waals surface area contributed by atoms with Gasteiger partial charge in [0.25, 0.3) is 0 Å². The number of aliphatic hydroxyl groups is 1. The van der Waals surface area contributed by atoms with Crippen LogP contribution in [0.25, 0.3) is 11.1 Å². The zero-order valence-electron chi connectivity index (χ0n) is 15.0. The first kappa shape index (κ1) is 19.0. The fraction of sp³-hybridized carbons (Fsp3) is 0.350. The molecule has 0 bridgehead atoms. The van der Waals surface area contributed by atoms with Gasteiger partial charge in [-0.25, -0.2) is 4.79 Å². The van der Waals surface area contributed by atoms with Crippen LogP contribution in [0, 0.1) is 0 Å². The van der Waals surface area contributed by atoms with E-state index >= 15 is 0 Å². The minimum absolute atomic E-state index is 0.0763. The number of aliphatic hydroxyl groups excluding tert-OH is 1. The number of nitrogens with one attached hydrogen (secondary N) is 2. The van der Waals surface area contributed by atoms with Crippen LogP contribution < -0.4 is 10.6 Å². The van der Waals surface area contributed by atoms with E-state index in [-0.39, 0.29) is 12.6 Å². The fourth-order valence-corrected chi connectivity index (χ4v) is 2.63. The Kier molecular flexibility index (Phi) is 7.44. The van der Waals surface area contributed by atoms with Gasteiger partial charge >= 0.3 is 6.03 Å². The lowest BCUT2D eigenvalue weighted by Crippen LogP contribution is -2.35. The molecular formula is C20H27N3O2. The van der Waals surface area contributed by atoms with Crippen LogP contribution in [-0.2, 0) is 13.1 Å². The Labute approximate surface area is 149 Å². The molecule has 0 fully saturated rings. The summed E-state index contributed by atoms with van der Waals surface area (Å²) < 4.78 is 0. The quantitative estimate of drug-likeness (QED) is 0.647. The average molecular weight is 341 g/mol. The van der Waals surface area contributed by atoms with Crippen LogP contribution in [0.2, 0.25) is 0 Å². The second-order valence-electron chi connectivity index (χ2n) is 6.28. The summed E-state index contributed by atoms with van der Waals surface area (Å²) in [6.45, 7) is 1.92. The Balaban J connectivity index is 2.03. The summed E-state index contributed by atoms with van der Waals surface area (Å²) in [5, 5.41) is 14.3. The van der Waals surface area contributed by atoms with Crippen LogP contribution in [0.4, 0.5) is 4.79 Å². The van der Waals surface area contributed by atoms with Crippen molar-refractivity contribution >= 4 is 6.03 Å². The molecule has 0 atom stereocenters. The molecule has 0 aliphatic carbocycles. The molecule has 25 heavy (non-hydrogen) atoms. The molecule has 2 amide bonds. The maximum absolute atomic E-state index is 11.8. The second-order valence-corrected chi connectivity index (χ2v) is 6.28. The number of amides is 2. The molecule has 0 saturated heterocycles. The van der Waals surface area contributed by atoms with Gasteiger partial charge in [0.1, 0.15) is 0 Å². The first-order valence-electron chi connectivity index (χ1n) is 8.54. The van der Waals surface area contributed by atoms with Gasteiger partial charge in [0.05, 0.1) is 0 Å². The van der Waals surface area contributed by atoms with Gasteiger partial charge in [0.15, 0.2) is 0 Å². The molecule has 0 spiro atoms. The van der Waals surface area contributed by atoms with Gasteiger partial charge in [0.2, 0.25) is 0 Å². The summed E-state index contributed by atoms with van der Waals surface area (Å²) in [5.41, 5.74) is 4.60. The van der Waals surface area contributed by atoms with Crippen LogP contribution in [-0.4, -0.2) is 43.3 Å². The molecule has 0 radical (unpaired) electrons. The van der Waals surface area contributed by atoms with Gasteiger partial charge in [-0.05, 0) is 42.8 Å². The summed E-state index contributed by atoms with van der Waals surface area (Å²) in [7, 11) is 4.11. The van der Waals surface area contributed by atoms with Crippen molar-refractivity contribution in [2.45, 2.75) is 19.5 Å². The Hall–Kier alpha value is -2.37. The van der Waals surface area contributed by atoms with Crippen molar-refractivity contribution in [1.82, 2.24) is 15.5 Å². The third-order valence-electron chi connectivity index (χ3n) is 3.84. The summed E-state index contributed by atoms with van der Waals surface area (Å²) in [4.78, 5) is 13.9. The maximum Gasteiger partial charge on any atom is 0.315 e. The predicted octanol–water partition coefficient (Wildman–Crippen LogP) is 2.60. The molecule has 0 aliphatic heterocycles. The van der Waals surface area contributed by atoms with E-state index in [2.05, 4.69) is 60.0 Å². The summed E-state index contributed by atoms with van der Waals surface area (Å²) >= 11 is 0. The van der Waals surface area contributed by atoms with Crippen molar-refractivity contribution in [2.75, 3.05) is 27.2 Å². The Morgan fingerprint density at radius 1 is 1.04 bits per heavy atom.